The first-order chi connectivity index (χ1) is 9.69. The van der Waals surface area contributed by atoms with Crippen LogP contribution >= 0.6 is 11.6 Å². The summed E-state index contributed by atoms with van der Waals surface area (Å²) in [5, 5.41) is 8.64. The maximum atomic E-state index is 6.38. The standard InChI is InChI=1S/C14H24ClN3O2/c1-4-16-13(11-5-7-20-10(11)2)14-12(15)9-17-18(14)6-8-19-3/h9-11,13,16H,4-8H2,1-3H3. The zero-order valence-corrected chi connectivity index (χ0v) is 13.2. The summed E-state index contributed by atoms with van der Waals surface area (Å²) in [4.78, 5) is 0. The summed E-state index contributed by atoms with van der Waals surface area (Å²) in [7, 11) is 1.69. The summed E-state index contributed by atoms with van der Waals surface area (Å²) in [5.74, 6) is 0.422. The number of ether oxygens (including phenoxy) is 2. The van der Waals surface area contributed by atoms with E-state index in [0.29, 0.717) is 24.1 Å². The molecule has 1 aromatic rings. The van der Waals surface area contributed by atoms with E-state index in [1.165, 1.54) is 0 Å². The highest BCUT2D eigenvalue weighted by Crippen LogP contribution is 2.36. The summed E-state index contributed by atoms with van der Waals surface area (Å²) in [5.41, 5.74) is 1.05. The van der Waals surface area contributed by atoms with Crippen molar-refractivity contribution in [2.24, 2.45) is 5.92 Å². The van der Waals surface area contributed by atoms with E-state index in [0.717, 1.165) is 25.3 Å². The molecule has 6 heteroatoms. The highest BCUT2D eigenvalue weighted by molar-refractivity contribution is 6.31. The second-order valence-electron chi connectivity index (χ2n) is 5.16. The molecule has 1 fully saturated rings. The first-order valence-electron chi connectivity index (χ1n) is 7.24. The average molecular weight is 302 g/mol. The molecule has 0 aliphatic carbocycles. The Morgan fingerprint density at radius 3 is 3.05 bits per heavy atom. The smallest absolute Gasteiger partial charge is 0.0834 e. The molecule has 0 bridgehead atoms. The SMILES string of the molecule is CCNC(c1c(Cl)cnn1CCOC)C1CCOC1C. The van der Waals surface area contributed by atoms with Gasteiger partial charge in [0.1, 0.15) is 0 Å². The maximum Gasteiger partial charge on any atom is 0.0834 e. The fraction of sp³-hybridized carbons (Fsp3) is 0.786. The Morgan fingerprint density at radius 2 is 2.45 bits per heavy atom. The fourth-order valence-corrected chi connectivity index (χ4v) is 3.15. The van der Waals surface area contributed by atoms with Crippen LogP contribution in [0.4, 0.5) is 0 Å². The molecule has 1 N–H and O–H groups in total. The molecule has 5 nitrogen and oxygen atoms in total. The van der Waals surface area contributed by atoms with Gasteiger partial charge in [0.05, 0.1) is 42.2 Å². The summed E-state index contributed by atoms with van der Waals surface area (Å²) in [6, 6.07) is 0.171. The Kier molecular flexibility index (Phi) is 5.84. The summed E-state index contributed by atoms with van der Waals surface area (Å²) in [6.45, 7) is 7.28. The van der Waals surface area contributed by atoms with Gasteiger partial charge in [-0.15, -0.1) is 0 Å². The van der Waals surface area contributed by atoms with E-state index in [4.69, 9.17) is 21.1 Å². The lowest BCUT2D eigenvalue weighted by Gasteiger charge is -2.27. The summed E-state index contributed by atoms with van der Waals surface area (Å²) >= 11 is 6.38. The molecule has 2 rings (SSSR count). The van der Waals surface area contributed by atoms with Crippen molar-refractivity contribution < 1.29 is 9.47 Å². The van der Waals surface area contributed by atoms with E-state index >= 15 is 0 Å². The van der Waals surface area contributed by atoms with Crippen LogP contribution in [0.5, 0.6) is 0 Å². The van der Waals surface area contributed by atoms with E-state index < -0.39 is 0 Å². The van der Waals surface area contributed by atoms with E-state index in [1.54, 1.807) is 13.3 Å². The molecular weight excluding hydrogens is 278 g/mol. The molecule has 1 saturated heterocycles. The van der Waals surface area contributed by atoms with E-state index in [9.17, 15) is 0 Å². The molecular formula is C14H24ClN3O2. The van der Waals surface area contributed by atoms with Crippen LogP contribution < -0.4 is 5.32 Å². The molecule has 20 heavy (non-hydrogen) atoms. The highest BCUT2D eigenvalue weighted by Gasteiger charge is 2.35. The number of halogens is 1. The Bertz CT molecular complexity index is 425. The van der Waals surface area contributed by atoms with Crippen molar-refractivity contribution >= 4 is 11.6 Å². The van der Waals surface area contributed by atoms with Gasteiger partial charge in [0.15, 0.2) is 0 Å². The van der Waals surface area contributed by atoms with Crippen LogP contribution in [0.2, 0.25) is 5.02 Å². The molecule has 1 aromatic heterocycles. The van der Waals surface area contributed by atoms with E-state index in [-0.39, 0.29) is 12.1 Å². The second-order valence-corrected chi connectivity index (χ2v) is 5.56. The third-order valence-corrected chi connectivity index (χ3v) is 4.21. The van der Waals surface area contributed by atoms with Gasteiger partial charge in [-0.1, -0.05) is 18.5 Å². The lowest BCUT2D eigenvalue weighted by atomic mass is 9.91. The molecule has 114 valence electrons. The van der Waals surface area contributed by atoms with Crippen molar-refractivity contribution in [1.82, 2.24) is 15.1 Å². The summed E-state index contributed by atoms with van der Waals surface area (Å²) in [6.07, 6.45) is 3.00. The molecule has 0 amide bonds. The van der Waals surface area contributed by atoms with Crippen LogP contribution in [-0.4, -0.2) is 42.8 Å². The van der Waals surface area contributed by atoms with Crippen molar-refractivity contribution in [3.05, 3.63) is 16.9 Å². The van der Waals surface area contributed by atoms with Crippen molar-refractivity contribution in [2.45, 2.75) is 39.0 Å². The lowest BCUT2D eigenvalue weighted by Crippen LogP contribution is -2.34. The predicted octanol–water partition coefficient (Wildman–Crippen LogP) is 2.26. The first kappa shape index (κ1) is 15.8. The topological polar surface area (TPSA) is 48.3 Å². The first-order valence-corrected chi connectivity index (χ1v) is 7.62. The van der Waals surface area contributed by atoms with Crippen LogP contribution in [0.15, 0.2) is 6.20 Å². The van der Waals surface area contributed by atoms with Gasteiger partial charge < -0.3 is 14.8 Å². The number of methoxy groups -OCH3 is 1. The van der Waals surface area contributed by atoms with Gasteiger partial charge in [-0.3, -0.25) is 4.68 Å². The average Bonchev–Trinajstić information content (AvgIpc) is 3.01. The van der Waals surface area contributed by atoms with Gasteiger partial charge in [-0.25, -0.2) is 0 Å². The normalized spacial score (nSPS) is 24.2. The van der Waals surface area contributed by atoms with Gasteiger partial charge >= 0.3 is 0 Å². The molecule has 1 aliphatic rings. The number of aromatic nitrogens is 2. The van der Waals surface area contributed by atoms with E-state index in [2.05, 4.69) is 24.3 Å². The quantitative estimate of drug-likeness (QED) is 0.839. The maximum absolute atomic E-state index is 6.38. The number of nitrogens with zero attached hydrogens (tertiary/aromatic N) is 2. The Balaban J connectivity index is 2.26. The van der Waals surface area contributed by atoms with Crippen LogP contribution in [0.25, 0.3) is 0 Å². The van der Waals surface area contributed by atoms with Crippen molar-refractivity contribution in [3.63, 3.8) is 0 Å². The molecule has 0 saturated carbocycles. The minimum Gasteiger partial charge on any atom is -0.383 e. The van der Waals surface area contributed by atoms with Crippen LogP contribution in [0.1, 0.15) is 32.0 Å². The predicted molar refractivity (Wildman–Crippen MR) is 79.1 cm³/mol. The number of hydrogen-bond acceptors (Lipinski definition) is 4. The van der Waals surface area contributed by atoms with Gasteiger partial charge in [0, 0.05) is 19.6 Å². The highest BCUT2D eigenvalue weighted by atomic mass is 35.5. The van der Waals surface area contributed by atoms with Gasteiger partial charge in [-0.2, -0.15) is 5.10 Å². The molecule has 0 spiro atoms. The Morgan fingerprint density at radius 1 is 1.65 bits per heavy atom. The third-order valence-electron chi connectivity index (χ3n) is 3.92. The van der Waals surface area contributed by atoms with Crippen LogP contribution in [0, 0.1) is 5.92 Å². The van der Waals surface area contributed by atoms with Crippen molar-refractivity contribution in [2.75, 3.05) is 26.9 Å². The molecule has 3 atom stereocenters. The molecule has 0 radical (unpaired) electrons. The van der Waals surface area contributed by atoms with E-state index in [1.807, 2.05) is 4.68 Å². The number of rotatable bonds is 7. The van der Waals surface area contributed by atoms with Crippen molar-refractivity contribution in [3.8, 4) is 0 Å². The molecule has 2 heterocycles. The van der Waals surface area contributed by atoms with Crippen molar-refractivity contribution in [1.29, 1.82) is 0 Å². The number of nitrogens with one attached hydrogen (secondary N) is 1. The van der Waals surface area contributed by atoms with Gasteiger partial charge in [-0.05, 0) is 19.9 Å². The minimum atomic E-state index is 0.171. The number of hydrogen-bond donors (Lipinski definition) is 1. The molecule has 0 aromatic carbocycles. The largest absolute Gasteiger partial charge is 0.383 e. The summed E-state index contributed by atoms with van der Waals surface area (Å²) < 4.78 is 12.8. The molecule has 3 unspecified atom stereocenters. The van der Waals surface area contributed by atoms with Crippen LogP contribution in [-0.2, 0) is 16.0 Å². The van der Waals surface area contributed by atoms with Gasteiger partial charge in [0.25, 0.3) is 0 Å². The van der Waals surface area contributed by atoms with Crippen LogP contribution in [0.3, 0.4) is 0 Å². The Hall–Kier alpha value is -0.620. The fourth-order valence-electron chi connectivity index (χ4n) is 2.89. The second kappa shape index (κ2) is 7.41. The Labute approximate surface area is 125 Å². The zero-order chi connectivity index (χ0) is 14.5. The molecule has 1 aliphatic heterocycles. The van der Waals surface area contributed by atoms with Gasteiger partial charge in [0.2, 0.25) is 0 Å². The minimum absolute atomic E-state index is 0.171. The lowest BCUT2D eigenvalue weighted by molar-refractivity contribution is 0.0941. The third kappa shape index (κ3) is 3.34. The monoisotopic (exact) mass is 301 g/mol. The zero-order valence-electron chi connectivity index (χ0n) is 12.4.